The van der Waals surface area contributed by atoms with Gasteiger partial charge in [-0.25, -0.2) is 14.1 Å². The van der Waals surface area contributed by atoms with Crippen LogP contribution in [-0.2, 0) is 11.3 Å². The van der Waals surface area contributed by atoms with Crippen LogP contribution in [0.5, 0.6) is 5.88 Å². The second-order valence-electron chi connectivity index (χ2n) is 6.98. The molecule has 166 valence electrons. The van der Waals surface area contributed by atoms with Crippen molar-refractivity contribution in [3.63, 3.8) is 0 Å². The van der Waals surface area contributed by atoms with Gasteiger partial charge < -0.3 is 9.47 Å². The van der Waals surface area contributed by atoms with Crippen molar-refractivity contribution in [2.24, 2.45) is 0 Å². The Morgan fingerprint density at radius 1 is 1.42 bits per heavy atom. The lowest BCUT2D eigenvalue weighted by atomic mass is 10.1. The summed E-state index contributed by atoms with van der Waals surface area (Å²) in [4.78, 5) is 19.0. The molecule has 11 nitrogen and oxygen atoms in total. The maximum Gasteiger partial charge on any atom is 0.352 e. The highest BCUT2D eigenvalue weighted by atomic mass is 35.5. The SMILES string of the molecule is Cc1c([N+](=O)[O-])c(OCCCn2nc(Cl)c3cnc(Cl)nc32)nn1C1CCOCC1F. The maximum absolute atomic E-state index is 14.3. The Morgan fingerprint density at radius 3 is 2.97 bits per heavy atom. The summed E-state index contributed by atoms with van der Waals surface area (Å²) >= 11 is 11.9. The zero-order valence-electron chi connectivity index (χ0n) is 16.4. The van der Waals surface area contributed by atoms with Crippen LogP contribution >= 0.6 is 23.2 Å². The summed E-state index contributed by atoms with van der Waals surface area (Å²) in [6.07, 6.45) is 0.991. The highest BCUT2D eigenvalue weighted by Gasteiger charge is 2.34. The van der Waals surface area contributed by atoms with Gasteiger partial charge in [-0.05, 0) is 24.9 Å². The second kappa shape index (κ2) is 8.89. The van der Waals surface area contributed by atoms with E-state index in [9.17, 15) is 14.5 Å². The number of hydrogen-bond donors (Lipinski definition) is 0. The van der Waals surface area contributed by atoms with Crippen molar-refractivity contribution in [2.75, 3.05) is 19.8 Å². The zero-order chi connectivity index (χ0) is 22.1. The number of aryl methyl sites for hydroxylation is 1. The molecule has 0 aromatic carbocycles. The second-order valence-corrected chi connectivity index (χ2v) is 7.68. The number of fused-ring (bicyclic) bond motifs is 1. The van der Waals surface area contributed by atoms with Crippen LogP contribution in [0.15, 0.2) is 6.20 Å². The standard InChI is InChI=1S/C17H18Cl2FN7O4/c1-9-13(27(28)29)16(24-26(9)12-3-6-30-8-11(12)20)31-5-2-4-25-15-10(14(18)23-25)7-21-17(19)22-15/h7,11-12H,2-6,8H2,1H3. The summed E-state index contributed by atoms with van der Waals surface area (Å²) in [5, 5.41) is 20.8. The number of alkyl halides is 1. The first-order chi connectivity index (χ1) is 14.9. The van der Waals surface area contributed by atoms with Gasteiger partial charge in [-0.15, -0.1) is 5.10 Å². The fraction of sp³-hybridized carbons (Fsp3) is 0.529. The van der Waals surface area contributed by atoms with Crippen LogP contribution in [0.2, 0.25) is 10.4 Å². The van der Waals surface area contributed by atoms with Crippen LogP contribution in [-0.4, -0.2) is 60.4 Å². The predicted octanol–water partition coefficient (Wildman–Crippen LogP) is 3.31. The van der Waals surface area contributed by atoms with E-state index >= 15 is 0 Å². The molecule has 0 spiro atoms. The number of halogens is 3. The molecule has 0 amide bonds. The van der Waals surface area contributed by atoms with Crippen LogP contribution in [0.25, 0.3) is 11.0 Å². The Kier molecular flexibility index (Phi) is 6.21. The molecule has 4 heterocycles. The lowest BCUT2D eigenvalue weighted by Gasteiger charge is -2.26. The van der Waals surface area contributed by atoms with Crippen molar-refractivity contribution in [3.8, 4) is 5.88 Å². The largest absolute Gasteiger partial charge is 0.472 e. The van der Waals surface area contributed by atoms with E-state index in [1.54, 1.807) is 4.68 Å². The molecule has 4 rings (SSSR count). The summed E-state index contributed by atoms with van der Waals surface area (Å²) < 4.78 is 27.9. The molecule has 3 aromatic rings. The molecule has 0 saturated carbocycles. The number of ether oxygens (including phenoxy) is 2. The van der Waals surface area contributed by atoms with E-state index in [1.165, 1.54) is 17.8 Å². The molecule has 0 bridgehead atoms. The molecule has 1 aliphatic rings. The lowest BCUT2D eigenvalue weighted by molar-refractivity contribution is -0.386. The van der Waals surface area contributed by atoms with Crippen molar-refractivity contribution in [1.82, 2.24) is 29.5 Å². The third-order valence-corrected chi connectivity index (χ3v) is 5.47. The van der Waals surface area contributed by atoms with Gasteiger partial charge in [0.1, 0.15) is 11.9 Å². The van der Waals surface area contributed by atoms with Crippen molar-refractivity contribution in [3.05, 3.63) is 32.4 Å². The molecule has 3 aromatic heterocycles. The molecule has 2 unspecified atom stereocenters. The third-order valence-electron chi connectivity index (χ3n) is 5.00. The minimum atomic E-state index is -1.30. The number of nitro groups is 1. The molecule has 31 heavy (non-hydrogen) atoms. The van der Waals surface area contributed by atoms with E-state index in [0.717, 1.165) is 0 Å². The van der Waals surface area contributed by atoms with E-state index in [-0.39, 0.29) is 40.9 Å². The highest BCUT2D eigenvalue weighted by molar-refractivity contribution is 6.34. The van der Waals surface area contributed by atoms with Gasteiger partial charge in [0.05, 0.1) is 29.6 Å². The van der Waals surface area contributed by atoms with Gasteiger partial charge in [0.25, 0.3) is 0 Å². The molecular weight excluding hydrogens is 456 g/mol. The molecule has 2 atom stereocenters. The topological polar surface area (TPSA) is 123 Å². The fourth-order valence-electron chi connectivity index (χ4n) is 3.52. The average molecular weight is 474 g/mol. The third kappa shape index (κ3) is 4.27. The summed E-state index contributed by atoms with van der Waals surface area (Å²) in [5.41, 5.74) is 0.446. The van der Waals surface area contributed by atoms with Gasteiger partial charge in [0.15, 0.2) is 10.8 Å². The fourth-order valence-corrected chi connectivity index (χ4v) is 3.88. The van der Waals surface area contributed by atoms with Crippen LogP contribution < -0.4 is 4.74 Å². The van der Waals surface area contributed by atoms with Crippen molar-refractivity contribution >= 4 is 39.9 Å². The normalized spacial score (nSPS) is 19.1. The number of rotatable bonds is 7. The van der Waals surface area contributed by atoms with E-state index in [2.05, 4.69) is 20.2 Å². The van der Waals surface area contributed by atoms with Crippen molar-refractivity contribution in [2.45, 2.75) is 38.5 Å². The summed E-state index contributed by atoms with van der Waals surface area (Å²) in [7, 11) is 0. The van der Waals surface area contributed by atoms with Gasteiger partial charge in [-0.2, -0.15) is 10.1 Å². The van der Waals surface area contributed by atoms with Crippen LogP contribution in [0, 0.1) is 17.0 Å². The van der Waals surface area contributed by atoms with E-state index in [4.69, 9.17) is 32.7 Å². The summed E-state index contributed by atoms with van der Waals surface area (Å²) in [6.45, 7) is 2.31. The molecule has 14 heteroatoms. The van der Waals surface area contributed by atoms with Gasteiger partial charge in [0, 0.05) is 25.8 Å². The Labute approximate surface area is 185 Å². The van der Waals surface area contributed by atoms with Crippen LogP contribution in [0.3, 0.4) is 0 Å². The van der Waals surface area contributed by atoms with Gasteiger partial charge in [-0.3, -0.25) is 14.8 Å². The molecular formula is C17H18Cl2FN7O4. The number of aromatic nitrogens is 6. The molecule has 0 aliphatic carbocycles. The lowest BCUT2D eigenvalue weighted by Crippen LogP contribution is -2.32. The van der Waals surface area contributed by atoms with Crippen molar-refractivity contribution < 1.29 is 18.8 Å². The average Bonchev–Trinajstić information content (AvgIpc) is 3.22. The van der Waals surface area contributed by atoms with Gasteiger partial charge in [0.2, 0.25) is 5.28 Å². The van der Waals surface area contributed by atoms with E-state index < -0.39 is 17.1 Å². The van der Waals surface area contributed by atoms with Crippen LogP contribution in [0.1, 0.15) is 24.6 Å². The maximum atomic E-state index is 14.3. The summed E-state index contributed by atoms with van der Waals surface area (Å²) in [6, 6.07) is -0.633. The Bertz CT molecular complexity index is 1120. The Morgan fingerprint density at radius 2 is 2.23 bits per heavy atom. The first kappa shape index (κ1) is 21.7. The van der Waals surface area contributed by atoms with E-state index in [1.807, 2.05) is 0 Å². The zero-order valence-corrected chi connectivity index (χ0v) is 17.9. The van der Waals surface area contributed by atoms with Crippen LogP contribution in [0.4, 0.5) is 10.1 Å². The molecule has 0 N–H and O–H groups in total. The minimum absolute atomic E-state index is 0.0671. The first-order valence-electron chi connectivity index (χ1n) is 9.49. The quantitative estimate of drug-likeness (QED) is 0.221. The number of hydrogen-bond acceptors (Lipinski definition) is 8. The van der Waals surface area contributed by atoms with E-state index in [0.29, 0.717) is 37.0 Å². The molecule has 0 radical (unpaired) electrons. The molecule has 1 aliphatic heterocycles. The Hall–Kier alpha value is -2.57. The summed E-state index contributed by atoms with van der Waals surface area (Å²) in [5.74, 6) is -0.144. The minimum Gasteiger partial charge on any atom is -0.472 e. The smallest absolute Gasteiger partial charge is 0.352 e. The monoisotopic (exact) mass is 473 g/mol. The molecule has 1 fully saturated rings. The molecule has 1 saturated heterocycles. The van der Waals surface area contributed by atoms with Crippen molar-refractivity contribution in [1.29, 1.82) is 0 Å². The Balaban J connectivity index is 1.47. The highest BCUT2D eigenvalue weighted by Crippen LogP contribution is 2.35. The first-order valence-corrected chi connectivity index (χ1v) is 10.2. The van der Waals surface area contributed by atoms with Gasteiger partial charge in [-0.1, -0.05) is 11.6 Å². The number of nitrogens with zero attached hydrogens (tertiary/aromatic N) is 7. The van der Waals surface area contributed by atoms with Gasteiger partial charge >= 0.3 is 11.6 Å². The predicted molar refractivity (Wildman–Crippen MR) is 108 cm³/mol.